The van der Waals surface area contributed by atoms with Crippen LogP contribution in [0.15, 0.2) is 36.4 Å². The molecule has 0 heterocycles. The highest BCUT2D eigenvalue weighted by Crippen LogP contribution is 2.29. The molecule has 0 spiro atoms. The minimum absolute atomic E-state index is 0.143. The van der Waals surface area contributed by atoms with Crippen molar-refractivity contribution in [3.05, 3.63) is 42.0 Å². The number of hydrogen-bond donors (Lipinski definition) is 2. The fraction of sp³-hybridized carbons (Fsp3) is 0.267. The lowest BCUT2D eigenvalue weighted by atomic mass is 10.0. The molecule has 0 unspecified atom stereocenters. The molecule has 0 bridgehead atoms. The highest BCUT2D eigenvalue weighted by Gasteiger charge is 2.29. The van der Waals surface area contributed by atoms with Crippen molar-refractivity contribution in [2.75, 3.05) is 4.72 Å². The zero-order valence-electron chi connectivity index (χ0n) is 12.0. The number of anilines is 1. The molecule has 0 aliphatic rings. The monoisotopic (exact) mass is 307 g/mol. The van der Waals surface area contributed by atoms with Gasteiger partial charge in [-0.15, -0.1) is 0 Å². The molecule has 0 aliphatic heterocycles. The molecule has 21 heavy (non-hydrogen) atoms. The van der Waals surface area contributed by atoms with Crippen LogP contribution in [0.25, 0.3) is 10.8 Å². The second-order valence-electron chi connectivity index (χ2n) is 5.73. The Balaban J connectivity index is 2.63. The van der Waals surface area contributed by atoms with Crippen LogP contribution >= 0.6 is 0 Å². The predicted molar refractivity (Wildman–Crippen MR) is 83.2 cm³/mol. The third-order valence-corrected chi connectivity index (χ3v) is 5.31. The largest absolute Gasteiger partial charge is 0.478 e. The van der Waals surface area contributed by atoms with Crippen molar-refractivity contribution >= 4 is 32.5 Å². The topological polar surface area (TPSA) is 83.5 Å². The highest BCUT2D eigenvalue weighted by molar-refractivity contribution is 7.94. The van der Waals surface area contributed by atoms with Crippen LogP contribution in [0.2, 0.25) is 0 Å². The standard InChI is InChI=1S/C15H17NO4S/c1-15(2,3)21(19,20)16-13-9-8-12(14(17)18)10-6-4-5-7-11(10)13/h4-9,16H,1-3H3,(H,17,18). The van der Waals surface area contributed by atoms with E-state index in [1.807, 2.05) is 0 Å². The van der Waals surface area contributed by atoms with E-state index in [2.05, 4.69) is 4.72 Å². The Morgan fingerprint density at radius 1 is 1.05 bits per heavy atom. The molecule has 2 aromatic carbocycles. The molecule has 0 amide bonds. The van der Waals surface area contributed by atoms with Crippen molar-refractivity contribution in [2.24, 2.45) is 0 Å². The number of hydrogen-bond acceptors (Lipinski definition) is 3. The van der Waals surface area contributed by atoms with Crippen molar-refractivity contribution in [3.63, 3.8) is 0 Å². The molecule has 5 nitrogen and oxygen atoms in total. The summed E-state index contributed by atoms with van der Waals surface area (Å²) in [5.41, 5.74) is 0.523. The summed E-state index contributed by atoms with van der Waals surface area (Å²) in [6, 6.07) is 9.70. The maximum absolute atomic E-state index is 12.3. The number of carboxylic acids is 1. The smallest absolute Gasteiger partial charge is 0.336 e. The molecule has 0 radical (unpaired) electrons. The Bertz CT molecular complexity index is 804. The second-order valence-corrected chi connectivity index (χ2v) is 8.17. The van der Waals surface area contributed by atoms with Gasteiger partial charge in [0.15, 0.2) is 0 Å². The first-order valence-corrected chi connectivity index (χ1v) is 7.89. The number of carbonyl (C=O) groups is 1. The van der Waals surface area contributed by atoms with Gasteiger partial charge in [-0.2, -0.15) is 0 Å². The zero-order valence-corrected chi connectivity index (χ0v) is 12.9. The maximum atomic E-state index is 12.3. The van der Waals surface area contributed by atoms with Gasteiger partial charge in [0.05, 0.1) is 16.0 Å². The normalized spacial score (nSPS) is 12.3. The fourth-order valence-corrected chi connectivity index (χ4v) is 2.65. The number of rotatable bonds is 3. The Hall–Kier alpha value is -2.08. The molecule has 6 heteroatoms. The summed E-state index contributed by atoms with van der Waals surface area (Å²) in [7, 11) is -3.57. The van der Waals surface area contributed by atoms with Crippen molar-refractivity contribution in [1.29, 1.82) is 0 Å². The van der Waals surface area contributed by atoms with Gasteiger partial charge >= 0.3 is 5.97 Å². The van der Waals surface area contributed by atoms with E-state index in [0.717, 1.165) is 0 Å². The lowest BCUT2D eigenvalue weighted by Gasteiger charge is -2.21. The predicted octanol–water partition coefficient (Wildman–Crippen LogP) is 3.08. The van der Waals surface area contributed by atoms with E-state index in [9.17, 15) is 18.3 Å². The molecular formula is C15H17NO4S. The van der Waals surface area contributed by atoms with Crippen LogP contribution in [0.5, 0.6) is 0 Å². The Morgan fingerprint density at radius 3 is 2.14 bits per heavy atom. The van der Waals surface area contributed by atoms with Crippen molar-refractivity contribution < 1.29 is 18.3 Å². The summed E-state index contributed by atoms with van der Waals surface area (Å²) in [6.07, 6.45) is 0. The molecular weight excluding hydrogens is 290 g/mol. The van der Waals surface area contributed by atoms with Gasteiger partial charge in [-0.1, -0.05) is 24.3 Å². The SMILES string of the molecule is CC(C)(C)S(=O)(=O)Nc1ccc(C(=O)O)c2ccccc12. The maximum Gasteiger partial charge on any atom is 0.336 e. The van der Waals surface area contributed by atoms with Gasteiger partial charge in [0.1, 0.15) is 0 Å². The summed E-state index contributed by atoms with van der Waals surface area (Å²) in [4.78, 5) is 11.2. The molecule has 0 atom stereocenters. The highest BCUT2D eigenvalue weighted by atomic mass is 32.2. The number of sulfonamides is 1. The van der Waals surface area contributed by atoms with E-state index < -0.39 is 20.7 Å². The van der Waals surface area contributed by atoms with Crippen LogP contribution in [0.3, 0.4) is 0 Å². The van der Waals surface area contributed by atoms with Crippen LogP contribution in [0.4, 0.5) is 5.69 Å². The summed E-state index contributed by atoms with van der Waals surface area (Å²) < 4.78 is 26.1. The van der Waals surface area contributed by atoms with Gasteiger partial charge in [0.25, 0.3) is 0 Å². The van der Waals surface area contributed by atoms with Crippen molar-refractivity contribution in [1.82, 2.24) is 0 Å². The van der Waals surface area contributed by atoms with E-state index in [-0.39, 0.29) is 5.56 Å². The quantitative estimate of drug-likeness (QED) is 0.912. The second kappa shape index (κ2) is 5.04. The van der Waals surface area contributed by atoms with E-state index in [4.69, 9.17) is 0 Å². The first kappa shape index (κ1) is 15.3. The lowest BCUT2D eigenvalue weighted by molar-refractivity contribution is 0.0699. The molecule has 0 fully saturated rings. The summed E-state index contributed by atoms with van der Waals surface area (Å²) in [6.45, 7) is 4.80. The van der Waals surface area contributed by atoms with Gasteiger partial charge < -0.3 is 5.11 Å². The summed E-state index contributed by atoms with van der Waals surface area (Å²) >= 11 is 0. The van der Waals surface area contributed by atoms with E-state index >= 15 is 0 Å². The molecule has 2 N–H and O–H groups in total. The lowest BCUT2D eigenvalue weighted by Crippen LogP contribution is -2.33. The first-order chi connectivity index (χ1) is 9.63. The van der Waals surface area contributed by atoms with Gasteiger partial charge in [-0.05, 0) is 38.3 Å². The Kier molecular flexibility index (Phi) is 3.67. The molecule has 2 rings (SSSR count). The van der Waals surface area contributed by atoms with Crippen molar-refractivity contribution in [3.8, 4) is 0 Å². The number of nitrogens with one attached hydrogen (secondary N) is 1. The molecule has 0 aromatic heterocycles. The van der Waals surface area contributed by atoms with Gasteiger partial charge in [0.2, 0.25) is 10.0 Å². The number of fused-ring (bicyclic) bond motifs is 1. The third kappa shape index (κ3) is 2.85. The summed E-state index contributed by atoms with van der Waals surface area (Å²) in [5, 5.41) is 10.3. The Labute approximate surface area is 123 Å². The average Bonchev–Trinajstić information content (AvgIpc) is 2.37. The van der Waals surface area contributed by atoms with Gasteiger partial charge in [-0.25, -0.2) is 13.2 Å². The van der Waals surface area contributed by atoms with Crippen LogP contribution in [0, 0.1) is 0 Å². The molecule has 2 aromatic rings. The van der Waals surface area contributed by atoms with Crippen LogP contribution in [-0.2, 0) is 10.0 Å². The minimum Gasteiger partial charge on any atom is -0.478 e. The van der Waals surface area contributed by atoms with Crippen LogP contribution in [-0.4, -0.2) is 24.2 Å². The van der Waals surface area contributed by atoms with Crippen LogP contribution < -0.4 is 4.72 Å². The number of carboxylic acid groups (broad SMARTS) is 1. The summed E-state index contributed by atoms with van der Waals surface area (Å²) in [5.74, 6) is -1.04. The van der Waals surface area contributed by atoms with Crippen molar-refractivity contribution in [2.45, 2.75) is 25.5 Å². The third-order valence-electron chi connectivity index (χ3n) is 3.20. The average molecular weight is 307 g/mol. The van der Waals surface area contributed by atoms with E-state index in [1.54, 1.807) is 45.0 Å². The number of aromatic carboxylic acids is 1. The zero-order chi connectivity index (χ0) is 15.8. The number of benzene rings is 2. The van der Waals surface area contributed by atoms with Gasteiger partial charge in [-0.3, -0.25) is 4.72 Å². The molecule has 112 valence electrons. The van der Waals surface area contributed by atoms with Gasteiger partial charge in [0, 0.05) is 5.39 Å². The van der Waals surface area contributed by atoms with E-state index in [0.29, 0.717) is 16.5 Å². The fourth-order valence-electron chi connectivity index (χ4n) is 1.87. The van der Waals surface area contributed by atoms with Crippen LogP contribution in [0.1, 0.15) is 31.1 Å². The Morgan fingerprint density at radius 2 is 1.62 bits per heavy atom. The first-order valence-electron chi connectivity index (χ1n) is 6.41. The molecule has 0 aliphatic carbocycles. The molecule has 0 saturated carbocycles. The minimum atomic E-state index is -3.57. The molecule has 0 saturated heterocycles. The van der Waals surface area contributed by atoms with E-state index in [1.165, 1.54) is 12.1 Å².